The number of carbonyl (C=O) groups is 1. The van der Waals surface area contributed by atoms with E-state index < -0.39 is 5.82 Å². The zero-order valence-corrected chi connectivity index (χ0v) is 11.9. The number of carbonyl (C=O) groups excluding carboxylic acids is 1. The lowest BCUT2D eigenvalue weighted by atomic mass is 10.1. The lowest BCUT2D eigenvalue weighted by Crippen LogP contribution is -2.22. The van der Waals surface area contributed by atoms with Crippen molar-refractivity contribution in [3.8, 4) is 0 Å². The van der Waals surface area contributed by atoms with Gasteiger partial charge in [0.1, 0.15) is 5.82 Å². The normalized spacial score (nSPS) is 10.4. The molecule has 21 heavy (non-hydrogen) atoms. The minimum Gasteiger partial charge on any atom is -0.377 e. The minimum atomic E-state index is -0.414. The maximum Gasteiger partial charge on any atom is 0.251 e. The Labute approximate surface area is 123 Å². The molecule has 0 fully saturated rings. The van der Waals surface area contributed by atoms with Crippen molar-refractivity contribution in [2.75, 3.05) is 6.61 Å². The van der Waals surface area contributed by atoms with E-state index in [2.05, 4.69) is 5.32 Å². The fourth-order valence-electron chi connectivity index (χ4n) is 1.89. The van der Waals surface area contributed by atoms with Gasteiger partial charge in [0.2, 0.25) is 0 Å². The topological polar surface area (TPSA) is 38.3 Å². The van der Waals surface area contributed by atoms with Crippen LogP contribution in [-0.4, -0.2) is 12.5 Å². The summed E-state index contributed by atoms with van der Waals surface area (Å²) in [5, 5.41) is 2.77. The molecule has 0 bridgehead atoms. The molecule has 1 amide bonds. The predicted molar refractivity (Wildman–Crippen MR) is 79.3 cm³/mol. The molecule has 4 heteroatoms. The lowest BCUT2D eigenvalue weighted by molar-refractivity contribution is 0.0950. The highest BCUT2D eigenvalue weighted by molar-refractivity contribution is 5.94. The van der Waals surface area contributed by atoms with Crippen LogP contribution in [0.5, 0.6) is 0 Å². The fraction of sp³-hybridized carbons (Fsp3) is 0.235. The molecule has 0 atom stereocenters. The van der Waals surface area contributed by atoms with E-state index in [1.54, 1.807) is 6.07 Å². The Hall–Kier alpha value is -2.20. The van der Waals surface area contributed by atoms with Crippen LogP contribution in [0.25, 0.3) is 0 Å². The first-order valence-corrected chi connectivity index (χ1v) is 6.88. The number of ether oxygens (including phenoxy) is 1. The molecule has 2 aromatic rings. The second-order valence-corrected chi connectivity index (χ2v) is 4.65. The molecule has 0 saturated carbocycles. The first kappa shape index (κ1) is 15.2. The largest absolute Gasteiger partial charge is 0.377 e. The minimum absolute atomic E-state index is 0.284. The molecular formula is C17H18FNO2. The van der Waals surface area contributed by atoms with Crippen LogP contribution in [0.1, 0.15) is 28.4 Å². The quantitative estimate of drug-likeness (QED) is 0.885. The molecule has 3 nitrogen and oxygen atoms in total. The van der Waals surface area contributed by atoms with E-state index in [0.29, 0.717) is 25.3 Å². The monoisotopic (exact) mass is 287 g/mol. The summed E-state index contributed by atoms with van der Waals surface area (Å²) in [5.41, 5.74) is 2.40. The van der Waals surface area contributed by atoms with Gasteiger partial charge in [-0.15, -0.1) is 0 Å². The number of hydrogen-bond acceptors (Lipinski definition) is 2. The highest BCUT2D eigenvalue weighted by Gasteiger charge is 2.06. The molecule has 0 radical (unpaired) electrons. The van der Waals surface area contributed by atoms with E-state index in [-0.39, 0.29) is 5.91 Å². The number of hydrogen-bond donors (Lipinski definition) is 1. The van der Waals surface area contributed by atoms with E-state index in [0.717, 1.165) is 11.1 Å². The molecule has 110 valence electrons. The van der Waals surface area contributed by atoms with Gasteiger partial charge in [-0.1, -0.05) is 30.3 Å². The van der Waals surface area contributed by atoms with Gasteiger partial charge in [-0.05, 0) is 36.2 Å². The Morgan fingerprint density at radius 2 is 1.86 bits per heavy atom. The molecule has 2 rings (SSSR count). The van der Waals surface area contributed by atoms with Crippen molar-refractivity contribution in [3.05, 3.63) is 71.0 Å². The summed E-state index contributed by atoms with van der Waals surface area (Å²) in [6, 6.07) is 13.5. The van der Waals surface area contributed by atoms with Crippen LogP contribution in [0.3, 0.4) is 0 Å². The van der Waals surface area contributed by atoms with Gasteiger partial charge in [0, 0.05) is 18.7 Å². The van der Waals surface area contributed by atoms with Crippen LogP contribution in [0.2, 0.25) is 0 Å². The van der Waals surface area contributed by atoms with E-state index in [9.17, 15) is 9.18 Å². The molecule has 0 aromatic heterocycles. The molecule has 0 aliphatic rings. The molecule has 1 N–H and O–H groups in total. The molecule has 0 spiro atoms. The predicted octanol–water partition coefficient (Wildman–Crippen LogP) is 3.29. The first-order chi connectivity index (χ1) is 10.2. The third kappa shape index (κ3) is 4.68. The fourth-order valence-corrected chi connectivity index (χ4v) is 1.89. The second kappa shape index (κ2) is 7.55. The van der Waals surface area contributed by atoms with Crippen LogP contribution in [0.15, 0.2) is 48.5 Å². The van der Waals surface area contributed by atoms with E-state index >= 15 is 0 Å². The highest BCUT2D eigenvalue weighted by Crippen LogP contribution is 2.07. The molecule has 0 aliphatic heterocycles. The average molecular weight is 287 g/mol. The number of benzene rings is 2. The molecule has 0 saturated heterocycles. The summed E-state index contributed by atoms with van der Waals surface area (Å²) in [6.07, 6.45) is 0. The van der Waals surface area contributed by atoms with Gasteiger partial charge in [-0.2, -0.15) is 0 Å². The maximum atomic E-state index is 13.0. The third-order valence-electron chi connectivity index (χ3n) is 3.04. The van der Waals surface area contributed by atoms with Gasteiger partial charge in [-0.25, -0.2) is 4.39 Å². The van der Waals surface area contributed by atoms with Crippen LogP contribution in [0, 0.1) is 5.82 Å². The van der Waals surface area contributed by atoms with Crippen molar-refractivity contribution in [2.24, 2.45) is 0 Å². The van der Waals surface area contributed by atoms with Gasteiger partial charge in [0.15, 0.2) is 0 Å². The van der Waals surface area contributed by atoms with Crippen molar-refractivity contribution in [1.29, 1.82) is 0 Å². The van der Waals surface area contributed by atoms with Gasteiger partial charge < -0.3 is 10.1 Å². The number of halogens is 1. The summed E-state index contributed by atoms with van der Waals surface area (Å²) < 4.78 is 18.4. The Kier molecular flexibility index (Phi) is 5.46. The Morgan fingerprint density at radius 3 is 2.52 bits per heavy atom. The van der Waals surface area contributed by atoms with Crippen molar-refractivity contribution in [3.63, 3.8) is 0 Å². The Morgan fingerprint density at radius 1 is 1.14 bits per heavy atom. The van der Waals surface area contributed by atoms with Crippen LogP contribution < -0.4 is 5.32 Å². The standard InChI is InChI=1S/C17H18FNO2/c1-2-21-12-14-8-6-13(7-9-14)11-19-17(20)15-4-3-5-16(18)10-15/h3-10H,2,11-12H2,1H3,(H,19,20). The van der Waals surface area contributed by atoms with Gasteiger partial charge in [0.25, 0.3) is 5.91 Å². The van der Waals surface area contributed by atoms with Crippen molar-refractivity contribution in [2.45, 2.75) is 20.1 Å². The number of amides is 1. The van der Waals surface area contributed by atoms with Gasteiger partial charge in [0.05, 0.1) is 6.61 Å². The zero-order valence-electron chi connectivity index (χ0n) is 11.9. The van der Waals surface area contributed by atoms with Crippen LogP contribution in [-0.2, 0) is 17.9 Å². The smallest absolute Gasteiger partial charge is 0.251 e. The maximum absolute atomic E-state index is 13.0. The van der Waals surface area contributed by atoms with E-state index in [4.69, 9.17) is 4.74 Å². The van der Waals surface area contributed by atoms with Crippen LogP contribution >= 0.6 is 0 Å². The van der Waals surface area contributed by atoms with Crippen molar-refractivity contribution in [1.82, 2.24) is 5.32 Å². The summed E-state index contributed by atoms with van der Waals surface area (Å²) >= 11 is 0. The molecular weight excluding hydrogens is 269 g/mol. The summed E-state index contributed by atoms with van der Waals surface area (Å²) in [4.78, 5) is 11.9. The van der Waals surface area contributed by atoms with Crippen molar-refractivity contribution >= 4 is 5.91 Å². The average Bonchev–Trinajstić information content (AvgIpc) is 2.51. The van der Waals surface area contributed by atoms with Gasteiger partial charge in [-0.3, -0.25) is 4.79 Å². The molecule has 0 unspecified atom stereocenters. The highest BCUT2D eigenvalue weighted by atomic mass is 19.1. The van der Waals surface area contributed by atoms with Crippen molar-refractivity contribution < 1.29 is 13.9 Å². The third-order valence-corrected chi connectivity index (χ3v) is 3.04. The lowest BCUT2D eigenvalue weighted by Gasteiger charge is -2.07. The molecule has 2 aromatic carbocycles. The van der Waals surface area contributed by atoms with E-state index in [1.165, 1.54) is 18.2 Å². The zero-order chi connectivity index (χ0) is 15.1. The summed E-state index contributed by atoms with van der Waals surface area (Å²) in [7, 11) is 0. The van der Waals surface area contributed by atoms with Crippen LogP contribution in [0.4, 0.5) is 4.39 Å². The molecule has 0 heterocycles. The second-order valence-electron chi connectivity index (χ2n) is 4.65. The summed E-state index contributed by atoms with van der Waals surface area (Å²) in [5.74, 6) is -0.698. The Balaban J connectivity index is 1.89. The SMILES string of the molecule is CCOCc1ccc(CNC(=O)c2cccc(F)c2)cc1. The number of rotatable bonds is 6. The number of nitrogens with one attached hydrogen (secondary N) is 1. The summed E-state index contributed by atoms with van der Waals surface area (Å²) in [6.45, 7) is 3.64. The first-order valence-electron chi connectivity index (χ1n) is 6.88. The van der Waals surface area contributed by atoms with Gasteiger partial charge >= 0.3 is 0 Å². The Bertz CT molecular complexity index is 596. The molecule has 0 aliphatic carbocycles. The van der Waals surface area contributed by atoms with E-state index in [1.807, 2.05) is 31.2 Å².